The zero-order valence-electron chi connectivity index (χ0n) is 13.1. The Morgan fingerprint density at radius 3 is 2.45 bits per heavy atom. The number of hydrogen-bond donors (Lipinski definition) is 0. The van der Waals surface area contributed by atoms with Crippen molar-refractivity contribution >= 4 is 17.6 Å². The van der Waals surface area contributed by atoms with Crippen LogP contribution >= 0.6 is 11.6 Å². The number of carbonyl (C=O) groups is 1. The molecule has 0 aliphatic rings. The summed E-state index contributed by atoms with van der Waals surface area (Å²) in [4.78, 5) is 16.8. The van der Waals surface area contributed by atoms with E-state index in [1.54, 1.807) is 0 Å². The van der Waals surface area contributed by atoms with E-state index in [4.69, 9.17) is 16.3 Å². The SMILES string of the molecule is CCCc1cc(-c2ccc(Cl)cc2)nc(CC)c1C(=O)OC. The molecule has 3 nitrogen and oxygen atoms in total. The zero-order valence-corrected chi connectivity index (χ0v) is 13.9. The number of ether oxygens (including phenoxy) is 1. The molecule has 0 fully saturated rings. The van der Waals surface area contributed by atoms with Gasteiger partial charge in [-0.15, -0.1) is 0 Å². The second-order valence-electron chi connectivity index (χ2n) is 5.09. The van der Waals surface area contributed by atoms with Crippen LogP contribution in [0, 0.1) is 0 Å². The summed E-state index contributed by atoms with van der Waals surface area (Å²) in [6.07, 6.45) is 2.46. The number of nitrogens with zero attached hydrogens (tertiary/aromatic N) is 1. The van der Waals surface area contributed by atoms with E-state index >= 15 is 0 Å². The van der Waals surface area contributed by atoms with Gasteiger partial charge in [-0.25, -0.2) is 4.79 Å². The van der Waals surface area contributed by atoms with Crippen LogP contribution in [0.1, 0.15) is 41.9 Å². The minimum absolute atomic E-state index is 0.310. The fourth-order valence-electron chi connectivity index (χ4n) is 2.50. The summed E-state index contributed by atoms with van der Waals surface area (Å²) in [6, 6.07) is 9.56. The van der Waals surface area contributed by atoms with Gasteiger partial charge in [-0.1, -0.05) is 44.0 Å². The van der Waals surface area contributed by atoms with E-state index in [1.807, 2.05) is 37.3 Å². The molecule has 0 unspecified atom stereocenters. The van der Waals surface area contributed by atoms with Crippen LogP contribution in [0.25, 0.3) is 11.3 Å². The monoisotopic (exact) mass is 317 g/mol. The van der Waals surface area contributed by atoms with Crippen LogP contribution < -0.4 is 0 Å². The van der Waals surface area contributed by atoms with E-state index in [0.29, 0.717) is 17.0 Å². The van der Waals surface area contributed by atoms with Crippen molar-refractivity contribution in [1.82, 2.24) is 4.98 Å². The number of pyridine rings is 1. The van der Waals surface area contributed by atoms with Crippen LogP contribution in [-0.2, 0) is 17.6 Å². The summed E-state index contributed by atoms with van der Waals surface area (Å²) >= 11 is 5.94. The van der Waals surface area contributed by atoms with Crippen molar-refractivity contribution in [3.05, 3.63) is 52.2 Å². The number of carbonyl (C=O) groups excluding carboxylic acids is 1. The van der Waals surface area contributed by atoms with Gasteiger partial charge in [-0.05, 0) is 36.6 Å². The van der Waals surface area contributed by atoms with Gasteiger partial charge in [0, 0.05) is 10.6 Å². The molecular weight excluding hydrogens is 298 g/mol. The summed E-state index contributed by atoms with van der Waals surface area (Å²) in [5.41, 5.74) is 4.25. The van der Waals surface area contributed by atoms with Crippen molar-refractivity contribution in [2.75, 3.05) is 7.11 Å². The predicted octanol–water partition coefficient (Wildman–Crippen LogP) is 4.70. The standard InChI is InChI=1S/C18H20ClNO2/c1-4-6-13-11-16(12-7-9-14(19)10-8-12)20-15(5-2)17(13)18(21)22-3/h7-11H,4-6H2,1-3H3. The Labute approximate surface area is 136 Å². The lowest BCUT2D eigenvalue weighted by molar-refractivity contribution is 0.0597. The minimum Gasteiger partial charge on any atom is -0.465 e. The summed E-state index contributed by atoms with van der Waals surface area (Å²) in [7, 11) is 1.41. The quantitative estimate of drug-likeness (QED) is 0.750. The van der Waals surface area contributed by atoms with E-state index < -0.39 is 0 Å². The highest BCUT2D eigenvalue weighted by Crippen LogP contribution is 2.26. The molecule has 0 aliphatic carbocycles. The lowest BCUT2D eigenvalue weighted by Crippen LogP contribution is -2.12. The molecule has 0 atom stereocenters. The topological polar surface area (TPSA) is 39.2 Å². The summed E-state index contributed by atoms with van der Waals surface area (Å²) < 4.78 is 4.93. The molecular formula is C18H20ClNO2. The van der Waals surface area contributed by atoms with Crippen molar-refractivity contribution in [3.8, 4) is 11.3 Å². The number of benzene rings is 1. The highest BCUT2D eigenvalue weighted by Gasteiger charge is 2.19. The molecule has 0 amide bonds. The molecule has 2 aromatic rings. The fourth-order valence-corrected chi connectivity index (χ4v) is 2.62. The van der Waals surface area contributed by atoms with Gasteiger partial charge in [0.2, 0.25) is 0 Å². The first kappa shape index (κ1) is 16.5. The molecule has 2 rings (SSSR count). The zero-order chi connectivity index (χ0) is 16.1. The van der Waals surface area contributed by atoms with Gasteiger partial charge in [-0.3, -0.25) is 4.98 Å². The maximum atomic E-state index is 12.1. The number of rotatable bonds is 5. The number of halogens is 1. The lowest BCUT2D eigenvalue weighted by atomic mass is 9.98. The van der Waals surface area contributed by atoms with Gasteiger partial charge in [0.15, 0.2) is 0 Å². The molecule has 0 saturated heterocycles. The maximum absolute atomic E-state index is 12.1. The summed E-state index contributed by atoms with van der Waals surface area (Å²) in [6.45, 7) is 4.09. The van der Waals surface area contributed by atoms with Gasteiger partial charge >= 0.3 is 5.97 Å². The molecule has 0 bridgehead atoms. The van der Waals surface area contributed by atoms with Crippen LogP contribution in [0.15, 0.2) is 30.3 Å². The van der Waals surface area contributed by atoms with Crippen molar-refractivity contribution in [1.29, 1.82) is 0 Å². The Morgan fingerprint density at radius 2 is 1.91 bits per heavy atom. The first-order valence-electron chi connectivity index (χ1n) is 7.47. The normalized spacial score (nSPS) is 10.5. The number of esters is 1. The smallest absolute Gasteiger partial charge is 0.339 e. The Bertz CT molecular complexity index is 666. The average Bonchev–Trinajstić information content (AvgIpc) is 2.54. The minimum atomic E-state index is -0.310. The molecule has 0 saturated carbocycles. The van der Waals surface area contributed by atoms with E-state index in [0.717, 1.165) is 35.4 Å². The van der Waals surface area contributed by atoms with Crippen LogP contribution in [0.4, 0.5) is 0 Å². The Balaban J connectivity index is 2.60. The Hall–Kier alpha value is -1.87. The van der Waals surface area contributed by atoms with E-state index in [9.17, 15) is 4.79 Å². The van der Waals surface area contributed by atoms with Crippen molar-refractivity contribution in [3.63, 3.8) is 0 Å². The second kappa shape index (κ2) is 7.41. The molecule has 1 aromatic heterocycles. The van der Waals surface area contributed by atoms with Crippen molar-refractivity contribution in [2.24, 2.45) is 0 Å². The van der Waals surface area contributed by atoms with Gasteiger partial charge in [-0.2, -0.15) is 0 Å². The molecule has 116 valence electrons. The predicted molar refractivity (Wildman–Crippen MR) is 89.4 cm³/mol. The molecule has 1 aromatic carbocycles. The van der Waals surface area contributed by atoms with Crippen molar-refractivity contribution in [2.45, 2.75) is 33.1 Å². The Morgan fingerprint density at radius 1 is 1.23 bits per heavy atom. The third-order valence-corrected chi connectivity index (χ3v) is 3.81. The summed E-state index contributed by atoms with van der Waals surface area (Å²) in [5.74, 6) is -0.310. The van der Waals surface area contributed by atoms with E-state index in [1.165, 1.54) is 7.11 Å². The maximum Gasteiger partial charge on any atom is 0.339 e. The third kappa shape index (κ3) is 3.47. The number of aromatic nitrogens is 1. The molecule has 0 radical (unpaired) electrons. The van der Waals surface area contributed by atoms with Gasteiger partial charge in [0.05, 0.1) is 24.1 Å². The Kier molecular flexibility index (Phi) is 5.56. The average molecular weight is 318 g/mol. The van der Waals surface area contributed by atoms with E-state index in [2.05, 4.69) is 11.9 Å². The largest absolute Gasteiger partial charge is 0.465 e. The highest BCUT2D eigenvalue weighted by atomic mass is 35.5. The number of methoxy groups -OCH3 is 1. The van der Waals surface area contributed by atoms with Crippen LogP contribution in [0.3, 0.4) is 0 Å². The second-order valence-corrected chi connectivity index (χ2v) is 5.53. The summed E-state index contributed by atoms with van der Waals surface area (Å²) in [5, 5.41) is 0.694. The van der Waals surface area contributed by atoms with Crippen molar-refractivity contribution < 1.29 is 9.53 Å². The molecule has 0 aliphatic heterocycles. The molecule has 4 heteroatoms. The first-order valence-corrected chi connectivity index (χ1v) is 7.85. The van der Waals surface area contributed by atoms with Gasteiger partial charge in [0.1, 0.15) is 0 Å². The molecule has 1 heterocycles. The van der Waals surface area contributed by atoms with Gasteiger partial charge < -0.3 is 4.74 Å². The van der Waals surface area contributed by atoms with E-state index in [-0.39, 0.29) is 5.97 Å². The fraction of sp³-hybridized carbons (Fsp3) is 0.333. The van der Waals surface area contributed by atoms with Crippen LogP contribution in [0.2, 0.25) is 5.02 Å². The van der Waals surface area contributed by atoms with Gasteiger partial charge in [0.25, 0.3) is 0 Å². The third-order valence-electron chi connectivity index (χ3n) is 3.56. The molecule has 0 spiro atoms. The number of hydrogen-bond acceptors (Lipinski definition) is 3. The molecule has 22 heavy (non-hydrogen) atoms. The first-order chi connectivity index (χ1) is 10.6. The van der Waals surface area contributed by atoms with Crippen LogP contribution in [-0.4, -0.2) is 18.1 Å². The molecule has 0 N–H and O–H groups in total. The van der Waals surface area contributed by atoms with Crippen LogP contribution in [0.5, 0.6) is 0 Å². The lowest BCUT2D eigenvalue weighted by Gasteiger charge is -2.14. The highest BCUT2D eigenvalue weighted by molar-refractivity contribution is 6.30. The number of aryl methyl sites for hydroxylation is 2.